The van der Waals surface area contributed by atoms with Crippen LogP contribution in [0.3, 0.4) is 0 Å². The summed E-state index contributed by atoms with van der Waals surface area (Å²) in [6, 6.07) is 0.823. The van der Waals surface area contributed by atoms with E-state index in [1.807, 2.05) is 20.8 Å². The maximum atomic E-state index is 14.7. The number of nitrogens with zero attached hydrogens (tertiary/aromatic N) is 1. The molecule has 1 aromatic rings. The average Bonchev–Trinajstić information content (AvgIpc) is 3.02. The van der Waals surface area contributed by atoms with E-state index in [1.54, 1.807) is 11.8 Å². The van der Waals surface area contributed by atoms with Crippen molar-refractivity contribution in [2.75, 3.05) is 31.7 Å². The highest BCUT2D eigenvalue weighted by Crippen LogP contribution is 2.38. The Morgan fingerprint density at radius 3 is 2.65 bits per heavy atom. The van der Waals surface area contributed by atoms with Crippen molar-refractivity contribution in [1.29, 1.82) is 0 Å². The first kappa shape index (κ1) is 20.4. The molecule has 0 aromatic heterocycles. The van der Waals surface area contributed by atoms with E-state index >= 15 is 0 Å². The predicted octanol–water partition coefficient (Wildman–Crippen LogP) is 3.05. The van der Waals surface area contributed by atoms with E-state index in [4.69, 9.17) is 14.3 Å². The number of methoxy groups -OCH3 is 1. The summed E-state index contributed by atoms with van der Waals surface area (Å²) in [5.74, 6) is -2.88. The Kier molecular flexibility index (Phi) is 6.41. The minimum absolute atomic E-state index is 0.00175. The maximum absolute atomic E-state index is 14.7. The van der Waals surface area contributed by atoms with Gasteiger partial charge in [0, 0.05) is 13.1 Å². The second kappa shape index (κ2) is 8.18. The molecule has 1 saturated heterocycles. The number of nitrogens with one attached hydrogen (secondary N) is 1. The first-order valence-corrected chi connectivity index (χ1v) is 8.59. The number of benzene rings is 1. The van der Waals surface area contributed by atoms with Crippen molar-refractivity contribution in [3.8, 4) is 5.75 Å². The average molecular weight is 372 g/mol. The lowest BCUT2D eigenvalue weighted by atomic mass is 10.1. The lowest BCUT2D eigenvalue weighted by Crippen LogP contribution is -2.38. The van der Waals surface area contributed by atoms with Crippen molar-refractivity contribution >= 4 is 11.7 Å². The van der Waals surface area contributed by atoms with Gasteiger partial charge in [-0.15, -0.1) is 0 Å². The van der Waals surface area contributed by atoms with Gasteiger partial charge in [-0.1, -0.05) is 0 Å². The molecule has 1 N–H and O–H groups in total. The molecule has 8 heteroatoms. The topological polar surface area (TPSA) is 60.0 Å². The number of ether oxygens (including phenoxy) is 2. The summed E-state index contributed by atoms with van der Waals surface area (Å²) in [6.45, 7) is 8.32. The van der Waals surface area contributed by atoms with Crippen LogP contribution in [0.15, 0.2) is 6.07 Å². The third-order valence-corrected chi connectivity index (χ3v) is 3.88. The molecule has 6 nitrogen and oxygen atoms in total. The summed E-state index contributed by atoms with van der Waals surface area (Å²) in [5, 5.41) is 0. The molecular formula is C18H26F2N2O4. The van der Waals surface area contributed by atoms with E-state index in [0.29, 0.717) is 19.5 Å². The van der Waals surface area contributed by atoms with E-state index in [-0.39, 0.29) is 29.7 Å². The summed E-state index contributed by atoms with van der Waals surface area (Å²) in [5.41, 5.74) is 2.13. The van der Waals surface area contributed by atoms with Gasteiger partial charge in [-0.05, 0) is 40.2 Å². The molecule has 0 saturated carbocycles. The molecule has 1 unspecified atom stereocenters. The van der Waals surface area contributed by atoms with E-state index in [9.17, 15) is 13.6 Å². The molecule has 1 aliphatic rings. The Morgan fingerprint density at radius 2 is 2.08 bits per heavy atom. The molecule has 1 atom stereocenters. The Bertz CT molecular complexity index is 662. The quantitative estimate of drug-likeness (QED) is 0.612. The van der Waals surface area contributed by atoms with E-state index in [1.165, 1.54) is 7.11 Å². The molecule has 0 bridgehead atoms. The fraction of sp³-hybridized carbons (Fsp3) is 0.611. The van der Waals surface area contributed by atoms with Crippen molar-refractivity contribution in [1.82, 2.24) is 5.48 Å². The summed E-state index contributed by atoms with van der Waals surface area (Å²) >= 11 is 0. The van der Waals surface area contributed by atoms with Gasteiger partial charge in [-0.25, -0.2) is 13.6 Å². The number of carbonyl (C=O) groups is 1. The standard InChI is InChI=1S/C18H26F2N2O4/c1-6-25-17(23)12-9-13(19)15(16(24-5)14(12)20)22-8-7-11(10-22)21-26-18(2,3)4/h9,11,21H,6-8,10H2,1-5H3. The highest BCUT2D eigenvalue weighted by atomic mass is 19.1. The van der Waals surface area contributed by atoms with Crippen LogP contribution >= 0.6 is 0 Å². The lowest BCUT2D eigenvalue weighted by molar-refractivity contribution is -0.0853. The third-order valence-electron chi connectivity index (χ3n) is 3.88. The van der Waals surface area contributed by atoms with Crippen LogP contribution in [0, 0.1) is 11.6 Å². The first-order chi connectivity index (χ1) is 12.2. The molecule has 26 heavy (non-hydrogen) atoms. The van der Waals surface area contributed by atoms with Crippen LogP contribution in [0.25, 0.3) is 0 Å². The molecule has 0 radical (unpaired) electrons. The summed E-state index contributed by atoms with van der Waals surface area (Å²) in [6.07, 6.45) is 0.694. The van der Waals surface area contributed by atoms with Crippen LogP contribution in [-0.4, -0.2) is 44.4 Å². The molecule has 1 fully saturated rings. The van der Waals surface area contributed by atoms with Crippen molar-refractivity contribution in [3.05, 3.63) is 23.3 Å². The molecule has 2 rings (SSSR count). The fourth-order valence-electron chi connectivity index (χ4n) is 2.75. The predicted molar refractivity (Wildman–Crippen MR) is 93.5 cm³/mol. The maximum Gasteiger partial charge on any atom is 0.341 e. The zero-order valence-electron chi connectivity index (χ0n) is 15.8. The Morgan fingerprint density at radius 1 is 1.38 bits per heavy atom. The normalized spacial score (nSPS) is 17.5. The Hall–Kier alpha value is -1.93. The number of hydroxylamine groups is 1. The number of carbonyl (C=O) groups excluding carboxylic acids is 1. The summed E-state index contributed by atoms with van der Waals surface area (Å²) in [7, 11) is 1.24. The zero-order chi connectivity index (χ0) is 19.5. The molecular weight excluding hydrogens is 346 g/mol. The number of anilines is 1. The smallest absolute Gasteiger partial charge is 0.341 e. The molecule has 0 aliphatic carbocycles. The van der Waals surface area contributed by atoms with Gasteiger partial charge in [0.25, 0.3) is 0 Å². The molecule has 146 valence electrons. The summed E-state index contributed by atoms with van der Waals surface area (Å²) in [4.78, 5) is 19.1. The molecule has 1 heterocycles. The van der Waals surface area contributed by atoms with Gasteiger partial charge in [0.2, 0.25) is 0 Å². The largest absolute Gasteiger partial charge is 0.491 e. The van der Waals surface area contributed by atoms with Crippen LogP contribution in [0.5, 0.6) is 5.75 Å². The number of halogens is 2. The second-order valence-corrected chi connectivity index (χ2v) is 7.09. The SMILES string of the molecule is CCOC(=O)c1cc(F)c(N2CCC(NOC(C)(C)C)C2)c(OC)c1F. The van der Waals surface area contributed by atoms with Gasteiger partial charge >= 0.3 is 5.97 Å². The third kappa shape index (κ3) is 4.62. The van der Waals surface area contributed by atoms with Gasteiger partial charge < -0.3 is 14.4 Å². The molecule has 1 aromatic carbocycles. The Labute approximate surface area is 152 Å². The molecule has 0 spiro atoms. The van der Waals surface area contributed by atoms with Crippen molar-refractivity contribution in [3.63, 3.8) is 0 Å². The second-order valence-electron chi connectivity index (χ2n) is 7.09. The first-order valence-electron chi connectivity index (χ1n) is 8.59. The van der Waals surface area contributed by atoms with Gasteiger partial charge in [0.15, 0.2) is 17.4 Å². The zero-order valence-corrected chi connectivity index (χ0v) is 15.8. The van der Waals surface area contributed by atoms with E-state index in [0.717, 1.165) is 6.07 Å². The number of hydrogen-bond acceptors (Lipinski definition) is 6. The van der Waals surface area contributed by atoms with Crippen LogP contribution in [0.2, 0.25) is 0 Å². The minimum Gasteiger partial charge on any atom is -0.491 e. The van der Waals surface area contributed by atoms with Crippen LogP contribution in [-0.2, 0) is 9.57 Å². The minimum atomic E-state index is -0.926. The monoisotopic (exact) mass is 372 g/mol. The number of rotatable bonds is 6. The van der Waals surface area contributed by atoms with E-state index < -0.39 is 23.2 Å². The lowest BCUT2D eigenvalue weighted by Gasteiger charge is -2.25. The van der Waals surface area contributed by atoms with Gasteiger partial charge in [-0.3, -0.25) is 4.84 Å². The molecule has 1 aliphatic heterocycles. The highest BCUT2D eigenvalue weighted by molar-refractivity contribution is 5.91. The van der Waals surface area contributed by atoms with Gasteiger partial charge in [0.05, 0.1) is 25.4 Å². The number of hydrogen-bond donors (Lipinski definition) is 1. The van der Waals surface area contributed by atoms with E-state index in [2.05, 4.69) is 5.48 Å². The fourth-order valence-corrected chi connectivity index (χ4v) is 2.75. The van der Waals surface area contributed by atoms with Crippen molar-refractivity contribution < 1.29 is 27.9 Å². The van der Waals surface area contributed by atoms with Gasteiger partial charge in [0.1, 0.15) is 11.3 Å². The highest BCUT2D eigenvalue weighted by Gasteiger charge is 2.32. The summed E-state index contributed by atoms with van der Waals surface area (Å²) < 4.78 is 39.2. The Balaban J connectivity index is 2.24. The van der Waals surface area contributed by atoms with Gasteiger partial charge in [-0.2, -0.15) is 5.48 Å². The van der Waals surface area contributed by atoms with Crippen LogP contribution in [0.1, 0.15) is 44.5 Å². The van der Waals surface area contributed by atoms with Crippen molar-refractivity contribution in [2.24, 2.45) is 0 Å². The van der Waals surface area contributed by atoms with Crippen LogP contribution in [0.4, 0.5) is 14.5 Å². The van der Waals surface area contributed by atoms with Crippen LogP contribution < -0.4 is 15.1 Å². The molecule has 0 amide bonds. The number of esters is 1. The van der Waals surface area contributed by atoms with Crippen molar-refractivity contribution in [2.45, 2.75) is 45.8 Å².